The van der Waals surface area contributed by atoms with Gasteiger partial charge in [-0.25, -0.2) is 4.79 Å². The van der Waals surface area contributed by atoms with Crippen molar-refractivity contribution in [3.05, 3.63) is 59.9 Å². The number of aromatic nitrogens is 1. The topological polar surface area (TPSA) is 106 Å². The van der Waals surface area contributed by atoms with Gasteiger partial charge in [0.05, 0.1) is 19.6 Å². The number of aliphatic carboxylic acids is 1. The second-order valence-corrected chi connectivity index (χ2v) is 6.10. The molecule has 2 amide bonds. The van der Waals surface area contributed by atoms with Crippen LogP contribution in [0, 0.1) is 0 Å². The number of amides is 2. The number of ether oxygens (including phenoxy) is 1. The van der Waals surface area contributed by atoms with Crippen LogP contribution in [0.25, 0.3) is 0 Å². The third-order valence-corrected chi connectivity index (χ3v) is 4.43. The van der Waals surface area contributed by atoms with Crippen LogP contribution in [0.3, 0.4) is 0 Å². The van der Waals surface area contributed by atoms with Crippen molar-refractivity contribution in [1.29, 1.82) is 0 Å². The summed E-state index contributed by atoms with van der Waals surface area (Å²) >= 11 is 0. The van der Waals surface area contributed by atoms with Crippen LogP contribution in [0.5, 0.6) is 0 Å². The molecule has 140 valence electrons. The normalized spacial score (nSPS) is 18.9. The van der Waals surface area contributed by atoms with Crippen LogP contribution >= 0.6 is 0 Å². The second-order valence-electron chi connectivity index (χ2n) is 6.10. The minimum absolute atomic E-state index is 0.0310. The van der Waals surface area contributed by atoms with Gasteiger partial charge in [-0.3, -0.25) is 19.3 Å². The van der Waals surface area contributed by atoms with E-state index in [1.54, 1.807) is 37.3 Å². The molecule has 2 aromatic rings. The van der Waals surface area contributed by atoms with E-state index in [9.17, 15) is 24.3 Å². The van der Waals surface area contributed by atoms with E-state index < -0.39 is 35.7 Å². The van der Waals surface area contributed by atoms with Crippen molar-refractivity contribution < 1.29 is 29.0 Å². The molecule has 1 N–H and O–H groups in total. The first-order valence-electron chi connectivity index (χ1n) is 8.39. The molecule has 1 aliphatic heterocycles. The Bertz CT molecular complexity index is 904. The Hall–Kier alpha value is -3.42. The van der Waals surface area contributed by atoms with Gasteiger partial charge in [0.15, 0.2) is 0 Å². The van der Waals surface area contributed by atoms with Crippen LogP contribution in [-0.2, 0) is 31.2 Å². The van der Waals surface area contributed by atoms with Gasteiger partial charge in [-0.1, -0.05) is 30.3 Å². The summed E-state index contributed by atoms with van der Waals surface area (Å²) in [5.74, 6) is -3.87. The Kier molecular flexibility index (Phi) is 4.81. The van der Waals surface area contributed by atoms with Gasteiger partial charge in [-0.15, -0.1) is 0 Å². The number of hydrogen-bond donors (Lipinski definition) is 1. The third-order valence-electron chi connectivity index (χ3n) is 4.43. The van der Waals surface area contributed by atoms with Crippen LogP contribution in [-0.4, -0.2) is 44.9 Å². The Balaban J connectivity index is 2.15. The summed E-state index contributed by atoms with van der Waals surface area (Å²) in [7, 11) is 0. The van der Waals surface area contributed by atoms with Crippen molar-refractivity contribution in [3.8, 4) is 0 Å². The fourth-order valence-electron chi connectivity index (χ4n) is 3.24. The lowest BCUT2D eigenvalue weighted by molar-refractivity contribution is -0.168. The molecule has 0 fully saturated rings. The van der Waals surface area contributed by atoms with Crippen molar-refractivity contribution in [1.82, 2.24) is 9.47 Å². The Labute approximate surface area is 154 Å². The fraction of sp³-hybridized carbons (Fsp3) is 0.263. The monoisotopic (exact) mass is 370 g/mol. The van der Waals surface area contributed by atoms with Crippen molar-refractivity contribution in [2.75, 3.05) is 6.61 Å². The zero-order chi connectivity index (χ0) is 19.6. The van der Waals surface area contributed by atoms with Gasteiger partial charge >= 0.3 is 11.9 Å². The largest absolute Gasteiger partial charge is 0.481 e. The standard InChI is InChI=1S/C19H18N2O6/c1-2-27-18(26)19(11-15(22)23)17(25)20(12-13-7-4-3-5-8-13)16(24)14-9-6-10-21(14)19/h3-10H,2,11-12H2,1H3,(H,22,23). The Morgan fingerprint density at radius 3 is 2.44 bits per heavy atom. The van der Waals surface area contributed by atoms with E-state index in [-0.39, 0.29) is 18.8 Å². The van der Waals surface area contributed by atoms with Gasteiger partial charge in [-0.2, -0.15) is 0 Å². The number of carbonyl (C=O) groups is 4. The molecule has 0 radical (unpaired) electrons. The lowest BCUT2D eigenvalue weighted by atomic mass is 9.89. The molecular formula is C19H18N2O6. The van der Waals surface area contributed by atoms with Gasteiger partial charge in [-0.05, 0) is 24.6 Å². The molecule has 0 bridgehead atoms. The smallest absolute Gasteiger partial charge is 0.342 e. The first-order chi connectivity index (χ1) is 12.9. The summed E-state index contributed by atoms with van der Waals surface area (Å²) in [6.45, 7) is 1.45. The molecule has 1 unspecified atom stereocenters. The minimum Gasteiger partial charge on any atom is -0.481 e. The minimum atomic E-state index is -2.16. The molecule has 1 aromatic heterocycles. The molecule has 1 aliphatic rings. The highest BCUT2D eigenvalue weighted by Gasteiger charge is 2.58. The predicted octanol–water partition coefficient (Wildman–Crippen LogP) is 1.40. The highest BCUT2D eigenvalue weighted by Crippen LogP contribution is 2.34. The quantitative estimate of drug-likeness (QED) is 0.468. The maximum absolute atomic E-state index is 13.3. The van der Waals surface area contributed by atoms with E-state index in [4.69, 9.17) is 4.74 Å². The number of hydrogen-bond acceptors (Lipinski definition) is 5. The van der Waals surface area contributed by atoms with E-state index in [1.807, 2.05) is 0 Å². The summed E-state index contributed by atoms with van der Waals surface area (Å²) in [6, 6.07) is 11.7. The van der Waals surface area contributed by atoms with Crippen molar-refractivity contribution in [2.24, 2.45) is 0 Å². The molecule has 0 spiro atoms. The van der Waals surface area contributed by atoms with E-state index >= 15 is 0 Å². The number of carboxylic acids is 1. The van der Waals surface area contributed by atoms with Crippen LogP contribution in [0.2, 0.25) is 0 Å². The third kappa shape index (κ3) is 2.99. The predicted molar refractivity (Wildman–Crippen MR) is 92.6 cm³/mol. The zero-order valence-corrected chi connectivity index (χ0v) is 14.6. The number of carboxylic acid groups (broad SMARTS) is 1. The average molecular weight is 370 g/mol. The number of benzene rings is 1. The highest BCUT2D eigenvalue weighted by atomic mass is 16.5. The molecule has 1 aromatic carbocycles. The molecule has 3 rings (SSSR count). The van der Waals surface area contributed by atoms with Gasteiger partial charge in [0.1, 0.15) is 5.69 Å². The molecule has 1 atom stereocenters. The summed E-state index contributed by atoms with van der Waals surface area (Å²) in [5.41, 5.74) is -1.43. The number of rotatable bonds is 6. The number of carbonyl (C=O) groups excluding carboxylic acids is 3. The number of esters is 1. The van der Waals surface area contributed by atoms with Crippen LogP contribution in [0.1, 0.15) is 29.4 Å². The molecule has 0 saturated heterocycles. The zero-order valence-electron chi connectivity index (χ0n) is 14.6. The summed E-state index contributed by atoms with van der Waals surface area (Å²) in [4.78, 5) is 51.3. The highest BCUT2D eigenvalue weighted by molar-refractivity contribution is 6.17. The Morgan fingerprint density at radius 2 is 1.81 bits per heavy atom. The lowest BCUT2D eigenvalue weighted by Crippen LogP contribution is -2.62. The van der Waals surface area contributed by atoms with Gasteiger partial charge < -0.3 is 14.4 Å². The molecule has 27 heavy (non-hydrogen) atoms. The molecule has 2 heterocycles. The lowest BCUT2D eigenvalue weighted by Gasteiger charge is -2.39. The summed E-state index contributed by atoms with van der Waals surface area (Å²) < 4.78 is 6.15. The first kappa shape index (κ1) is 18.4. The number of imide groups is 1. The molecular weight excluding hydrogens is 352 g/mol. The van der Waals surface area contributed by atoms with Gasteiger partial charge in [0.2, 0.25) is 5.54 Å². The average Bonchev–Trinajstić information content (AvgIpc) is 3.13. The summed E-state index contributed by atoms with van der Waals surface area (Å²) in [5, 5.41) is 9.39. The fourth-order valence-corrected chi connectivity index (χ4v) is 3.24. The van der Waals surface area contributed by atoms with Gasteiger partial charge in [0.25, 0.3) is 11.8 Å². The van der Waals surface area contributed by atoms with Crippen LogP contribution in [0.4, 0.5) is 0 Å². The number of nitrogens with zero attached hydrogens (tertiary/aromatic N) is 2. The van der Waals surface area contributed by atoms with E-state index in [2.05, 4.69) is 0 Å². The van der Waals surface area contributed by atoms with Crippen molar-refractivity contribution >= 4 is 23.8 Å². The number of fused-ring (bicyclic) bond motifs is 1. The van der Waals surface area contributed by atoms with E-state index in [0.29, 0.717) is 5.56 Å². The summed E-state index contributed by atoms with van der Waals surface area (Å²) in [6.07, 6.45) is 0.524. The van der Waals surface area contributed by atoms with Crippen molar-refractivity contribution in [2.45, 2.75) is 25.4 Å². The van der Waals surface area contributed by atoms with Crippen LogP contribution in [0.15, 0.2) is 48.7 Å². The molecule has 8 heteroatoms. The van der Waals surface area contributed by atoms with Crippen LogP contribution < -0.4 is 0 Å². The second kappa shape index (κ2) is 7.06. The molecule has 8 nitrogen and oxygen atoms in total. The maximum atomic E-state index is 13.3. The maximum Gasteiger partial charge on any atom is 0.342 e. The molecule has 0 saturated carbocycles. The Morgan fingerprint density at radius 1 is 1.11 bits per heavy atom. The first-order valence-corrected chi connectivity index (χ1v) is 8.39. The van der Waals surface area contributed by atoms with Gasteiger partial charge in [0, 0.05) is 6.20 Å². The van der Waals surface area contributed by atoms with E-state index in [1.165, 1.54) is 18.3 Å². The molecule has 0 aliphatic carbocycles. The SMILES string of the molecule is CCOC(=O)C1(CC(=O)O)C(=O)N(Cc2ccccc2)C(=O)c2cccn21. The van der Waals surface area contributed by atoms with E-state index in [0.717, 1.165) is 9.47 Å². The van der Waals surface area contributed by atoms with Crippen molar-refractivity contribution in [3.63, 3.8) is 0 Å².